The third-order valence-electron chi connectivity index (χ3n) is 7.01. The highest BCUT2D eigenvalue weighted by atomic mass is 15.2. The molecule has 2 aliphatic rings. The van der Waals surface area contributed by atoms with Gasteiger partial charge in [0.2, 0.25) is 0 Å². The number of rotatable bonds is 3. The summed E-state index contributed by atoms with van der Waals surface area (Å²) in [6, 6.07) is 18.2. The van der Waals surface area contributed by atoms with E-state index >= 15 is 0 Å². The van der Waals surface area contributed by atoms with Gasteiger partial charge in [-0.05, 0) is 43.0 Å². The molecule has 2 aromatic carbocycles. The van der Waals surface area contributed by atoms with Crippen LogP contribution >= 0.6 is 0 Å². The van der Waals surface area contributed by atoms with Gasteiger partial charge >= 0.3 is 0 Å². The molecule has 1 saturated carbocycles. The average molecular weight is 386 g/mol. The number of anilines is 1. The minimum atomic E-state index is 0.259. The molecular weight excluding hydrogens is 354 g/mol. The highest BCUT2D eigenvalue weighted by Gasteiger charge is 2.38. The second-order valence-corrected chi connectivity index (χ2v) is 8.82. The van der Waals surface area contributed by atoms with Gasteiger partial charge in [0.15, 0.2) is 0 Å². The Balaban J connectivity index is 1.56. The molecule has 3 heteroatoms. The van der Waals surface area contributed by atoms with E-state index in [9.17, 15) is 0 Å². The number of nitrogens with zero attached hydrogens (tertiary/aromatic N) is 2. The Morgan fingerprint density at radius 1 is 0.966 bits per heavy atom. The van der Waals surface area contributed by atoms with E-state index in [1.54, 1.807) is 0 Å². The van der Waals surface area contributed by atoms with Crippen LogP contribution in [0.3, 0.4) is 0 Å². The molecule has 3 nitrogen and oxygen atoms in total. The van der Waals surface area contributed by atoms with Crippen LogP contribution in [0.5, 0.6) is 0 Å². The molecule has 0 bridgehead atoms. The largest absolute Gasteiger partial charge is 0.356 e. The van der Waals surface area contributed by atoms with Gasteiger partial charge in [-0.3, -0.25) is 4.99 Å². The Bertz CT molecular complexity index is 1020. The number of fused-ring (bicyclic) bond motifs is 2. The maximum atomic E-state index is 5.10. The van der Waals surface area contributed by atoms with Crippen LogP contribution < -0.4 is 4.90 Å². The van der Waals surface area contributed by atoms with E-state index in [1.165, 1.54) is 71.9 Å². The highest BCUT2D eigenvalue weighted by Crippen LogP contribution is 2.49. The van der Waals surface area contributed by atoms with Crippen molar-refractivity contribution in [2.75, 3.05) is 4.90 Å². The van der Waals surface area contributed by atoms with Crippen molar-refractivity contribution < 1.29 is 0 Å². The van der Waals surface area contributed by atoms with Gasteiger partial charge in [-0.1, -0.05) is 69.0 Å². The predicted octanol–water partition coefficient (Wildman–Crippen LogP) is 6.89. The summed E-state index contributed by atoms with van der Waals surface area (Å²) in [5.74, 6) is 0.415. The van der Waals surface area contributed by atoms with Crippen molar-refractivity contribution in [1.29, 1.82) is 0 Å². The van der Waals surface area contributed by atoms with Crippen molar-refractivity contribution >= 4 is 22.9 Å². The summed E-state index contributed by atoms with van der Waals surface area (Å²) < 4.78 is 0. The maximum Gasteiger partial charge on any atom is 0.0904 e. The summed E-state index contributed by atoms with van der Waals surface area (Å²) in [6.45, 7) is 4.61. The number of benzene rings is 2. The predicted molar refractivity (Wildman–Crippen MR) is 123 cm³/mol. The lowest BCUT2D eigenvalue weighted by molar-refractivity contribution is 0.581. The topological polar surface area (TPSA) is 31.4 Å². The van der Waals surface area contributed by atoms with Crippen LogP contribution in [-0.2, 0) is 0 Å². The standard InChI is InChI=1S/C26H31N3/c1-18-21-13-7-9-15-23(21)28-25(18)26-19(2)22-14-8-10-16-24(22)29(26)17-27-20-11-5-3-4-6-12-20/h7-10,13-17,19-20,26,28H,3-6,11-12H2,1-2H3. The van der Waals surface area contributed by atoms with Crippen LogP contribution in [0, 0.1) is 6.92 Å². The SMILES string of the molecule is Cc1c(C2C(C)c3ccccc3N2C=NC2CCCCCC2)[nH]c2ccccc12. The van der Waals surface area contributed by atoms with Crippen molar-refractivity contribution in [3.05, 3.63) is 65.4 Å². The molecule has 0 radical (unpaired) electrons. The lowest BCUT2D eigenvalue weighted by atomic mass is 9.93. The number of aryl methyl sites for hydroxylation is 1. The lowest BCUT2D eigenvalue weighted by Gasteiger charge is -2.26. The van der Waals surface area contributed by atoms with Gasteiger partial charge in [0.05, 0.1) is 18.4 Å². The molecule has 1 N–H and O–H groups in total. The van der Waals surface area contributed by atoms with E-state index in [0.29, 0.717) is 12.0 Å². The summed E-state index contributed by atoms with van der Waals surface area (Å²) in [5.41, 5.74) is 6.63. The van der Waals surface area contributed by atoms with Crippen molar-refractivity contribution in [3.63, 3.8) is 0 Å². The fourth-order valence-electron chi connectivity index (χ4n) is 5.36. The van der Waals surface area contributed by atoms with Gasteiger partial charge < -0.3 is 9.88 Å². The van der Waals surface area contributed by atoms with Crippen LogP contribution in [0.25, 0.3) is 10.9 Å². The second-order valence-electron chi connectivity index (χ2n) is 8.82. The first-order valence-corrected chi connectivity index (χ1v) is 11.2. The average Bonchev–Trinajstić information content (AvgIpc) is 3.07. The molecule has 5 rings (SSSR count). The molecule has 2 unspecified atom stereocenters. The highest BCUT2D eigenvalue weighted by molar-refractivity contribution is 5.88. The number of aliphatic imine (C=N–C) groups is 1. The molecule has 1 aliphatic carbocycles. The Morgan fingerprint density at radius 3 is 2.48 bits per heavy atom. The van der Waals surface area contributed by atoms with E-state index in [2.05, 4.69) is 78.6 Å². The van der Waals surface area contributed by atoms with Crippen molar-refractivity contribution in [3.8, 4) is 0 Å². The van der Waals surface area contributed by atoms with E-state index in [1.807, 2.05) is 0 Å². The number of hydrogen-bond acceptors (Lipinski definition) is 1. The summed E-state index contributed by atoms with van der Waals surface area (Å²) in [4.78, 5) is 11.3. The van der Waals surface area contributed by atoms with Gasteiger partial charge in [0.1, 0.15) is 0 Å². The van der Waals surface area contributed by atoms with E-state index in [0.717, 1.165) is 0 Å². The Hall–Kier alpha value is -2.55. The molecule has 2 heterocycles. The number of hydrogen-bond donors (Lipinski definition) is 1. The molecule has 150 valence electrons. The van der Waals surface area contributed by atoms with Crippen molar-refractivity contribution in [1.82, 2.24) is 4.98 Å². The molecule has 2 atom stereocenters. The number of aromatic amines is 1. The minimum Gasteiger partial charge on any atom is -0.356 e. The van der Waals surface area contributed by atoms with E-state index in [4.69, 9.17) is 4.99 Å². The van der Waals surface area contributed by atoms with Gasteiger partial charge in [0, 0.05) is 28.2 Å². The molecule has 1 fully saturated rings. The molecule has 3 aromatic rings. The third-order valence-corrected chi connectivity index (χ3v) is 7.01. The zero-order chi connectivity index (χ0) is 19.8. The zero-order valence-corrected chi connectivity index (χ0v) is 17.6. The smallest absolute Gasteiger partial charge is 0.0904 e. The monoisotopic (exact) mass is 385 g/mol. The van der Waals surface area contributed by atoms with Crippen LogP contribution in [0.1, 0.15) is 74.2 Å². The second kappa shape index (κ2) is 7.70. The van der Waals surface area contributed by atoms with Crippen LogP contribution in [0.4, 0.5) is 5.69 Å². The van der Waals surface area contributed by atoms with Gasteiger partial charge in [-0.2, -0.15) is 0 Å². The molecule has 0 amide bonds. The van der Waals surface area contributed by atoms with Gasteiger partial charge in [-0.25, -0.2) is 0 Å². The Morgan fingerprint density at radius 2 is 1.69 bits per heavy atom. The fourth-order valence-corrected chi connectivity index (χ4v) is 5.36. The molecular formula is C26H31N3. The molecule has 1 aliphatic heterocycles. The van der Waals surface area contributed by atoms with Crippen LogP contribution in [0.15, 0.2) is 53.5 Å². The summed E-state index contributed by atoms with van der Waals surface area (Å²) in [5, 5.41) is 1.33. The minimum absolute atomic E-state index is 0.259. The van der Waals surface area contributed by atoms with Crippen molar-refractivity contribution in [2.24, 2.45) is 4.99 Å². The first-order chi connectivity index (χ1) is 14.2. The van der Waals surface area contributed by atoms with Crippen LogP contribution in [-0.4, -0.2) is 17.4 Å². The molecule has 0 saturated heterocycles. The normalized spacial score (nSPS) is 23.0. The van der Waals surface area contributed by atoms with E-state index in [-0.39, 0.29) is 6.04 Å². The summed E-state index contributed by atoms with van der Waals surface area (Å²) in [6.07, 6.45) is 10.0. The zero-order valence-electron chi connectivity index (χ0n) is 17.6. The fraction of sp³-hybridized carbons (Fsp3) is 0.423. The maximum absolute atomic E-state index is 5.10. The van der Waals surface area contributed by atoms with E-state index < -0.39 is 0 Å². The van der Waals surface area contributed by atoms with Gasteiger partial charge in [0.25, 0.3) is 0 Å². The molecule has 0 spiro atoms. The number of aromatic nitrogens is 1. The summed E-state index contributed by atoms with van der Waals surface area (Å²) >= 11 is 0. The molecule has 1 aromatic heterocycles. The number of nitrogens with one attached hydrogen (secondary N) is 1. The van der Waals surface area contributed by atoms with Crippen LogP contribution in [0.2, 0.25) is 0 Å². The first kappa shape index (κ1) is 18.5. The Labute approximate surface area is 173 Å². The summed E-state index contributed by atoms with van der Waals surface area (Å²) in [7, 11) is 0. The van der Waals surface area contributed by atoms with Gasteiger partial charge in [-0.15, -0.1) is 0 Å². The molecule has 29 heavy (non-hydrogen) atoms. The van der Waals surface area contributed by atoms with Crippen molar-refractivity contribution in [2.45, 2.75) is 70.4 Å². The number of para-hydroxylation sites is 2. The quantitative estimate of drug-likeness (QED) is 0.297. The first-order valence-electron chi connectivity index (χ1n) is 11.2. The lowest BCUT2D eigenvalue weighted by Crippen LogP contribution is -2.26. The Kier molecular flexibility index (Phi) is 4.91. The third kappa shape index (κ3) is 3.27. The number of H-pyrrole nitrogens is 1.